The molecule has 10 heteroatoms. The molecule has 1 aliphatic rings. The van der Waals surface area contributed by atoms with Crippen molar-refractivity contribution in [2.24, 2.45) is 0 Å². The van der Waals surface area contributed by atoms with Gasteiger partial charge in [0.2, 0.25) is 15.9 Å². The van der Waals surface area contributed by atoms with Crippen molar-refractivity contribution in [3.63, 3.8) is 0 Å². The molecule has 150 valence electrons. The zero-order chi connectivity index (χ0) is 20.4. The second-order valence-electron chi connectivity index (χ2n) is 6.69. The first kappa shape index (κ1) is 20.6. The maximum atomic E-state index is 13.2. The molecule has 1 aromatic carbocycles. The first-order valence-electron chi connectivity index (χ1n) is 8.54. The van der Waals surface area contributed by atoms with E-state index in [9.17, 15) is 13.2 Å². The van der Waals surface area contributed by atoms with Gasteiger partial charge in [0, 0.05) is 29.3 Å². The van der Waals surface area contributed by atoms with Gasteiger partial charge < -0.3 is 4.74 Å². The topological polar surface area (TPSA) is 109 Å². The van der Waals surface area contributed by atoms with Gasteiger partial charge in [-0.1, -0.05) is 6.07 Å². The zero-order valence-corrected chi connectivity index (χ0v) is 17.0. The molecule has 0 bridgehead atoms. The zero-order valence-electron chi connectivity index (χ0n) is 15.4. The fourth-order valence-electron chi connectivity index (χ4n) is 3.06. The Kier molecular flexibility index (Phi) is 5.94. The van der Waals surface area contributed by atoms with Crippen molar-refractivity contribution in [1.29, 1.82) is 0 Å². The summed E-state index contributed by atoms with van der Waals surface area (Å²) in [5.74, 6) is 0.628. The Morgan fingerprint density at radius 1 is 1.29 bits per heavy atom. The average molecular weight is 424 g/mol. The minimum Gasteiger partial charge on any atom is -0.439 e. The summed E-state index contributed by atoms with van der Waals surface area (Å²) in [7, 11) is -3.95. The number of thioether (sulfide) groups is 1. The summed E-state index contributed by atoms with van der Waals surface area (Å²) in [6, 6.07) is 10.1. The highest BCUT2D eigenvalue weighted by Gasteiger charge is 2.48. The number of ether oxygens (including phenoxy) is 1. The summed E-state index contributed by atoms with van der Waals surface area (Å²) < 4.78 is 32.4. The lowest BCUT2D eigenvalue weighted by atomic mass is 10.0. The maximum absolute atomic E-state index is 13.2. The molecule has 0 aliphatic carbocycles. The highest BCUT2D eigenvalue weighted by molar-refractivity contribution is 8.00. The molecule has 0 radical (unpaired) electrons. The van der Waals surface area contributed by atoms with Crippen LogP contribution in [0.25, 0.3) is 0 Å². The smallest absolute Gasteiger partial charge is 0.263 e. The maximum Gasteiger partial charge on any atom is 0.263 e. The first-order valence-corrected chi connectivity index (χ1v) is 11.0. The van der Waals surface area contributed by atoms with Gasteiger partial charge in [-0.05, 0) is 44.2 Å². The summed E-state index contributed by atoms with van der Waals surface area (Å²) in [5.41, 5.74) is 1.59. The van der Waals surface area contributed by atoms with Crippen molar-refractivity contribution in [1.82, 2.24) is 14.8 Å². The molecule has 2 aromatic rings. The van der Waals surface area contributed by atoms with Crippen molar-refractivity contribution in [2.75, 3.05) is 12.3 Å². The Morgan fingerprint density at radius 2 is 2.00 bits per heavy atom. The van der Waals surface area contributed by atoms with E-state index in [1.807, 2.05) is 0 Å². The van der Waals surface area contributed by atoms with Crippen LogP contribution >= 0.6 is 11.8 Å². The van der Waals surface area contributed by atoms with Crippen molar-refractivity contribution >= 4 is 27.7 Å². The summed E-state index contributed by atoms with van der Waals surface area (Å²) in [4.78, 5) is 16.3. The standard InChI is InChI=1S/C18H21N3O5S2/c1-18(2)16(17(22)20-23)21(11-12-27-18)28(24,25)14-8-6-13(7-9-14)26-15-5-3-4-10-19-15/h3-10,16,23H,11-12H2,1-2H3,(H,20,22). The van der Waals surface area contributed by atoms with Crippen molar-refractivity contribution in [2.45, 2.75) is 29.5 Å². The Balaban J connectivity index is 1.87. The molecule has 3 rings (SSSR count). The van der Waals surface area contributed by atoms with E-state index >= 15 is 0 Å². The number of carbonyl (C=O) groups is 1. The van der Waals surface area contributed by atoms with Crippen molar-refractivity contribution in [3.8, 4) is 11.6 Å². The number of hydrogen-bond acceptors (Lipinski definition) is 7. The molecular formula is C18H21N3O5S2. The molecule has 1 aromatic heterocycles. The molecule has 1 amide bonds. The van der Waals surface area contributed by atoms with Crippen LogP contribution in [0.4, 0.5) is 0 Å². The minimum atomic E-state index is -3.95. The summed E-state index contributed by atoms with van der Waals surface area (Å²) in [6.07, 6.45) is 1.59. The van der Waals surface area contributed by atoms with Gasteiger partial charge >= 0.3 is 0 Å². The van der Waals surface area contributed by atoms with E-state index in [1.165, 1.54) is 36.0 Å². The average Bonchev–Trinajstić information content (AvgIpc) is 2.68. The van der Waals surface area contributed by atoms with E-state index in [1.54, 1.807) is 43.7 Å². The van der Waals surface area contributed by atoms with Gasteiger partial charge in [0.05, 0.1) is 4.90 Å². The molecular weight excluding hydrogens is 402 g/mol. The molecule has 0 spiro atoms. The van der Waals surface area contributed by atoms with E-state index < -0.39 is 26.7 Å². The van der Waals surface area contributed by atoms with Gasteiger partial charge in [0.15, 0.2) is 0 Å². The van der Waals surface area contributed by atoms with Crippen molar-refractivity contribution in [3.05, 3.63) is 48.7 Å². The Bertz CT molecular complexity index is 933. The largest absolute Gasteiger partial charge is 0.439 e. The third-order valence-corrected chi connectivity index (χ3v) is 7.61. The number of carbonyl (C=O) groups excluding carboxylic acids is 1. The molecule has 2 N–H and O–H groups in total. The molecule has 2 heterocycles. The van der Waals surface area contributed by atoms with Crippen LogP contribution in [0.5, 0.6) is 11.6 Å². The number of benzene rings is 1. The van der Waals surface area contributed by atoms with E-state index in [4.69, 9.17) is 9.94 Å². The van der Waals surface area contributed by atoms with Gasteiger partial charge in [-0.25, -0.2) is 18.9 Å². The van der Waals surface area contributed by atoms with Crippen LogP contribution in [-0.4, -0.2) is 51.9 Å². The fraction of sp³-hybridized carbons (Fsp3) is 0.333. The third-order valence-electron chi connectivity index (χ3n) is 4.38. The lowest BCUT2D eigenvalue weighted by Crippen LogP contribution is -2.61. The molecule has 28 heavy (non-hydrogen) atoms. The molecule has 1 aliphatic heterocycles. The number of rotatable bonds is 5. The number of amides is 1. The number of pyridine rings is 1. The normalized spacial score (nSPS) is 19.8. The van der Waals surface area contributed by atoms with Crippen LogP contribution in [0.2, 0.25) is 0 Å². The van der Waals surface area contributed by atoms with Gasteiger partial charge in [-0.3, -0.25) is 10.0 Å². The highest BCUT2D eigenvalue weighted by Crippen LogP contribution is 2.38. The molecule has 1 unspecified atom stereocenters. The molecule has 8 nitrogen and oxygen atoms in total. The quantitative estimate of drug-likeness (QED) is 0.561. The summed E-state index contributed by atoms with van der Waals surface area (Å²) in [6.45, 7) is 3.73. The summed E-state index contributed by atoms with van der Waals surface area (Å²) >= 11 is 1.49. The minimum absolute atomic E-state index is 0.0410. The molecule has 1 atom stereocenters. The van der Waals surface area contributed by atoms with E-state index in [0.29, 0.717) is 17.4 Å². The number of nitrogens with zero attached hydrogens (tertiary/aromatic N) is 2. The molecule has 1 saturated heterocycles. The van der Waals surface area contributed by atoms with Crippen molar-refractivity contribution < 1.29 is 23.2 Å². The SMILES string of the molecule is CC1(C)SCCN(S(=O)(=O)c2ccc(Oc3ccccn3)cc2)C1C(=O)NO. The van der Waals surface area contributed by atoms with Crippen LogP contribution in [0.1, 0.15) is 13.8 Å². The number of nitrogens with one attached hydrogen (secondary N) is 1. The highest BCUT2D eigenvalue weighted by atomic mass is 32.2. The van der Waals surface area contributed by atoms with E-state index in [-0.39, 0.29) is 11.4 Å². The number of hydroxylamine groups is 1. The second-order valence-corrected chi connectivity index (χ2v) is 10.3. The Hall–Kier alpha value is -2.14. The number of sulfonamides is 1. The second kappa shape index (κ2) is 8.08. The third kappa shape index (κ3) is 4.14. The van der Waals surface area contributed by atoms with Crippen LogP contribution < -0.4 is 10.2 Å². The van der Waals surface area contributed by atoms with E-state index in [0.717, 1.165) is 4.31 Å². The summed E-state index contributed by atoms with van der Waals surface area (Å²) in [5, 5.41) is 9.10. The molecule has 0 saturated carbocycles. The number of aromatic nitrogens is 1. The van der Waals surface area contributed by atoms with Crippen LogP contribution in [0.15, 0.2) is 53.6 Å². The molecule has 1 fully saturated rings. The lowest BCUT2D eigenvalue weighted by molar-refractivity contribution is -0.134. The fourth-order valence-corrected chi connectivity index (χ4v) is 6.17. The van der Waals surface area contributed by atoms with Gasteiger partial charge in [0.25, 0.3) is 5.91 Å². The first-order chi connectivity index (χ1) is 13.3. The van der Waals surface area contributed by atoms with Crippen LogP contribution in [0.3, 0.4) is 0 Å². The Morgan fingerprint density at radius 3 is 2.61 bits per heavy atom. The van der Waals surface area contributed by atoms with Crippen LogP contribution in [-0.2, 0) is 14.8 Å². The van der Waals surface area contributed by atoms with Gasteiger partial charge in [-0.2, -0.15) is 16.1 Å². The predicted molar refractivity (Wildman–Crippen MR) is 105 cm³/mol. The monoisotopic (exact) mass is 423 g/mol. The van der Waals surface area contributed by atoms with Gasteiger partial charge in [0.1, 0.15) is 11.8 Å². The van der Waals surface area contributed by atoms with Gasteiger partial charge in [-0.15, -0.1) is 0 Å². The predicted octanol–water partition coefficient (Wildman–Crippen LogP) is 2.26. The Labute approximate surface area is 167 Å². The van der Waals surface area contributed by atoms with E-state index in [2.05, 4.69) is 4.98 Å². The van der Waals surface area contributed by atoms with Crippen LogP contribution in [0, 0.1) is 0 Å². The lowest BCUT2D eigenvalue weighted by Gasteiger charge is -2.43. The number of hydrogen-bond donors (Lipinski definition) is 2.